The molecule has 1 N–H and O–H groups in total. The third-order valence-electron chi connectivity index (χ3n) is 3.56. The molecule has 27 heavy (non-hydrogen) atoms. The Morgan fingerprint density at radius 2 is 1.52 bits per heavy atom. The number of halogens is 2. The van der Waals surface area contributed by atoms with Gasteiger partial charge in [0, 0.05) is 10.6 Å². The van der Waals surface area contributed by atoms with Crippen molar-refractivity contribution in [3.05, 3.63) is 45.4 Å². The van der Waals surface area contributed by atoms with Crippen LogP contribution in [0.4, 0.5) is 0 Å². The van der Waals surface area contributed by atoms with E-state index < -0.39 is 5.91 Å². The summed E-state index contributed by atoms with van der Waals surface area (Å²) in [5.74, 6) is 1.05. The summed E-state index contributed by atoms with van der Waals surface area (Å²) < 4.78 is 20.9. The molecule has 1 amide bonds. The first-order valence-electron chi connectivity index (χ1n) is 7.61. The van der Waals surface area contributed by atoms with Gasteiger partial charge in [0.15, 0.2) is 11.5 Å². The van der Waals surface area contributed by atoms with E-state index >= 15 is 0 Å². The van der Waals surface area contributed by atoms with E-state index in [9.17, 15) is 4.79 Å². The van der Waals surface area contributed by atoms with Crippen LogP contribution in [0.5, 0.6) is 23.0 Å². The van der Waals surface area contributed by atoms with E-state index in [1.165, 1.54) is 46.8 Å². The van der Waals surface area contributed by atoms with E-state index in [1.807, 2.05) is 0 Å². The minimum absolute atomic E-state index is 0.274. The fraction of sp³-hybridized carbons (Fsp3) is 0.222. The fourth-order valence-corrected chi connectivity index (χ4v) is 2.81. The number of ether oxygens (including phenoxy) is 4. The summed E-state index contributed by atoms with van der Waals surface area (Å²) in [6.07, 6.45) is 1.37. The van der Waals surface area contributed by atoms with Crippen LogP contribution < -0.4 is 24.4 Å². The number of rotatable bonds is 7. The fourth-order valence-electron chi connectivity index (χ4n) is 2.29. The van der Waals surface area contributed by atoms with Gasteiger partial charge in [0.05, 0.1) is 45.2 Å². The number of nitrogens with one attached hydrogen (secondary N) is 1. The lowest BCUT2D eigenvalue weighted by atomic mass is 10.1. The van der Waals surface area contributed by atoms with E-state index in [0.717, 1.165) is 0 Å². The highest BCUT2D eigenvalue weighted by molar-refractivity contribution is 6.36. The lowest BCUT2D eigenvalue weighted by Gasteiger charge is -2.13. The van der Waals surface area contributed by atoms with Crippen LogP contribution in [0.2, 0.25) is 10.0 Å². The lowest BCUT2D eigenvalue weighted by molar-refractivity contribution is 0.0954. The molecule has 0 bridgehead atoms. The van der Waals surface area contributed by atoms with Crippen LogP contribution in [0.3, 0.4) is 0 Å². The SMILES string of the molecule is COc1cc(Cl)cc(Cl)c1C=NNC(=O)c1cc(OC)c(OC)c(OC)c1. The summed E-state index contributed by atoms with van der Waals surface area (Å²) in [6, 6.07) is 6.17. The highest BCUT2D eigenvalue weighted by Gasteiger charge is 2.17. The molecule has 0 aromatic heterocycles. The largest absolute Gasteiger partial charge is 0.496 e. The van der Waals surface area contributed by atoms with Crippen LogP contribution in [0.15, 0.2) is 29.4 Å². The second-order valence-corrected chi connectivity index (χ2v) is 5.96. The second-order valence-electron chi connectivity index (χ2n) is 5.12. The Hall–Kier alpha value is -2.64. The molecule has 0 saturated carbocycles. The predicted octanol–water partition coefficient (Wildman–Crippen LogP) is 3.79. The van der Waals surface area contributed by atoms with E-state index in [2.05, 4.69) is 10.5 Å². The minimum atomic E-state index is -0.477. The van der Waals surface area contributed by atoms with Crippen molar-refractivity contribution in [3.63, 3.8) is 0 Å². The van der Waals surface area contributed by atoms with E-state index in [1.54, 1.807) is 12.1 Å². The predicted molar refractivity (Wildman–Crippen MR) is 104 cm³/mol. The van der Waals surface area contributed by atoms with Gasteiger partial charge in [-0.15, -0.1) is 0 Å². The minimum Gasteiger partial charge on any atom is -0.496 e. The molecular weight excluding hydrogens is 395 g/mol. The van der Waals surface area contributed by atoms with Gasteiger partial charge in [-0.05, 0) is 24.3 Å². The van der Waals surface area contributed by atoms with Crippen LogP contribution in [-0.4, -0.2) is 40.6 Å². The number of carbonyl (C=O) groups excluding carboxylic acids is 1. The molecule has 0 aliphatic carbocycles. The van der Waals surface area contributed by atoms with Crippen molar-refractivity contribution < 1.29 is 23.7 Å². The molecule has 0 unspecified atom stereocenters. The summed E-state index contributed by atoms with van der Waals surface area (Å²) >= 11 is 12.1. The summed E-state index contributed by atoms with van der Waals surface area (Å²) in [6.45, 7) is 0. The molecule has 0 radical (unpaired) electrons. The smallest absolute Gasteiger partial charge is 0.271 e. The number of hydrazone groups is 1. The van der Waals surface area contributed by atoms with Crippen molar-refractivity contribution >= 4 is 35.3 Å². The van der Waals surface area contributed by atoms with Gasteiger partial charge in [-0.3, -0.25) is 4.79 Å². The zero-order valence-corrected chi connectivity index (χ0v) is 16.6. The van der Waals surface area contributed by atoms with Crippen molar-refractivity contribution in [3.8, 4) is 23.0 Å². The molecule has 2 rings (SSSR count). The number of hydrogen-bond acceptors (Lipinski definition) is 6. The zero-order valence-electron chi connectivity index (χ0n) is 15.1. The van der Waals surface area contributed by atoms with Crippen LogP contribution in [0.25, 0.3) is 0 Å². The molecule has 2 aromatic rings. The van der Waals surface area contributed by atoms with Gasteiger partial charge < -0.3 is 18.9 Å². The molecule has 0 aliphatic rings. The maximum Gasteiger partial charge on any atom is 0.271 e. The normalized spacial score (nSPS) is 10.6. The Morgan fingerprint density at radius 1 is 0.926 bits per heavy atom. The molecule has 0 atom stereocenters. The van der Waals surface area contributed by atoms with Crippen LogP contribution in [0.1, 0.15) is 15.9 Å². The van der Waals surface area contributed by atoms with Crippen molar-refractivity contribution in [1.29, 1.82) is 0 Å². The molecule has 0 aliphatic heterocycles. The quantitative estimate of drug-likeness (QED) is 0.552. The highest BCUT2D eigenvalue weighted by Crippen LogP contribution is 2.38. The molecule has 0 heterocycles. The van der Waals surface area contributed by atoms with Gasteiger partial charge in [-0.1, -0.05) is 23.2 Å². The monoisotopic (exact) mass is 412 g/mol. The van der Waals surface area contributed by atoms with Gasteiger partial charge in [0.2, 0.25) is 5.75 Å². The van der Waals surface area contributed by atoms with Crippen molar-refractivity contribution in [2.75, 3.05) is 28.4 Å². The highest BCUT2D eigenvalue weighted by atomic mass is 35.5. The number of amides is 1. The lowest BCUT2D eigenvalue weighted by Crippen LogP contribution is -2.18. The van der Waals surface area contributed by atoms with Gasteiger partial charge >= 0.3 is 0 Å². The maximum absolute atomic E-state index is 12.4. The Kier molecular flexibility index (Phi) is 7.15. The third-order valence-corrected chi connectivity index (χ3v) is 4.09. The number of benzene rings is 2. The average Bonchev–Trinajstić information content (AvgIpc) is 2.67. The number of carbonyl (C=O) groups is 1. The van der Waals surface area contributed by atoms with Gasteiger partial charge in [0.25, 0.3) is 5.91 Å². The maximum atomic E-state index is 12.4. The average molecular weight is 413 g/mol. The number of nitrogens with zero attached hydrogens (tertiary/aromatic N) is 1. The molecule has 7 nitrogen and oxygen atoms in total. The Labute approximate surface area is 166 Å². The summed E-state index contributed by atoms with van der Waals surface area (Å²) in [7, 11) is 5.89. The topological polar surface area (TPSA) is 78.4 Å². The summed E-state index contributed by atoms with van der Waals surface area (Å²) in [5.41, 5.74) is 3.17. The first-order valence-corrected chi connectivity index (χ1v) is 8.37. The van der Waals surface area contributed by atoms with Crippen molar-refractivity contribution in [1.82, 2.24) is 5.43 Å². The molecule has 9 heteroatoms. The molecule has 0 fully saturated rings. The standard InChI is InChI=1S/C18H18Cl2N2O5/c1-24-14-8-11(19)7-13(20)12(14)9-21-22-18(23)10-5-15(25-2)17(27-4)16(6-10)26-3/h5-9H,1-4H3,(H,22,23). The van der Waals surface area contributed by atoms with Crippen LogP contribution in [-0.2, 0) is 0 Å². The molecule has 144 valence electrons. The van der Waals surface area contributed by atoms with E-state index in [4.69, 9.17) is 42.1 Å². The number of hydrogen-bond donors (Lipinski definition) is 1. The molecule has 2 aromatic carbocycles. The van der Waals surface area contributed by atoms with Gasteiger partial charge in [-0.25, -0.2) is 5.43 Å². The third kappa shape index (κ3) is 4.75. The second kappa shape index (κ2) is 9.34. The molecule has 0 spiro atoms. The van der Waals surface area contributed by atoms with Crippen LogP contribution in [0, 0.1) is 0 Å². The Morgan fingerprint density at radius 3 is 2.04 bits per heavy atom. The van der Waals surface area contributed by atoms with Crippen molar-refractivity contribution in [2.24, 2.45) is 5.10 Å². The zero-order chi connectivity index (χ0) is 20.0. The summed E-state index contributed by atoms with van der Waals surface area (Å²) in [5, 5.41) is 4.69. The van der Waals surface area contributed by atoms with Crippen LogP contribution >= 0.6 is 23.2 Å². The molecular formula is C18H18Cl2N2O5. The Balaban J connectivity index is 2.25. The first kappa shape index (κ1) is 20.7. The molecule has 0 saturated heterocycles. The summed E-state index contributed by atoms with van der Waals surface area (Å²) in [4.78, 5) is 12.4. The van der Waals surface area contributed by atoms with Crippen molar-refractivity contribution in [2.45, 2.75) is 0 Å². The first-order chi connectivity index (χ1) is 12.9. The van der Waals surface area contributed by atoms with Gasteiger partial charge in [0.1, 0.15) is 5.75 Å². The number of methoxy groups -OCH3 is 4. The van der Waals surface area contributed by atoms with Gasteiger partial charge in [-0.2, -0.15) is 5.10 Å². The Bertz CT molecular complexity index is 846. The van der Waals surface area contributed by atoms with E-state index in [-0.39, 0.29) is 5.56 Å². The van der Waals surface area contributed by atoms with E-state index in [0.29, 0.717) is 38.6 Å².